The van der Waals surface area contributed by atoms with Crippen molar-refractivity contribution >= 4 is 21.6 Å². The third-order valence-corrected chi connectivity index (χ3v) is 6.67. The van der Waals surface area contributed by atoms with E-state index in [4.69, 9.17) is 14.0 Å². The second-order valence-electron chi connectivity index (χ2n) is 7.49. The lowest BCUT2D eigenvalue weighted by Crippen LogP contribution is -2.32. The van der Waals surface area contributed by atoms with Gasteiger partial charge in [-0.15, -0.1) is 0 Å². The molecule has 0 unspecified atom stereocenters. The van der Waals surface area contributed by atoms with Gasteiger partial charge in [0.2, 0.25) is 10.0 Å². The maximum absolute atomic E-state index is 13.1. The Hall–Kier alpha value is -2.80. The molecule has 9 nitrogen and oxygen atoms in total. The van der Waals surface area contributed by atoms with Crippen LogP contribution in [0.25, 0.3) is 0 Å². The second kappa shape index (κ2) is 10.4. The highest BCUT2D eigenvalue weighted by molar-refractivity contribution is 7.89. The normalized spacial score (nSPS) is 15.6. The Kier molecular flexibility index (Phi) is 7.84. The van der Waals surface area contributed by atoms with E-state index in [-0.39, 0.29) is 22.2 Å². The number of rotatable bonds is 8. The Labute approximate surface area is 188 Å². The van der Waals surface area contributed by atoms with Gasteiger partial charge in [-0.3, -0.25) is 4.79 Å². The van der Waals surface area contributed by atoms with E-state index in [1.165, 1.54) is 10.4 Å². The number of hydrogen-bond acceptors (Lipinski definition) is 7. The van der Waals surface area contributed by atoms with Gasteiger partial charge in [0.25, 0.3) is 11.8 Å². The van der Waals surface area contributed by atoms with Crippen LogP contribution in [0.3, 0.4) is 0 Å². The number of aryl methyl sites for hydroxylation is 1. The highest BCUT2D eigenvalue weighted by Gasteiger charge is 2.30. The van der Waals surface area contributed by atoms with Gasteiger partial charge < -0.3 is 19.3 Å². The van der Waals surface area contributed by atoms with Gasteiger partial charge in [0.05, 0.1) is 10.6 Å². The third-order valence-electron chi connectivity index (χ3n) is 4.78. The monoisotopic (exact) mass is 491 g/mol. The summed E-state index contributed by atoms with van der Waals surface area (Å²) in [6.07, 6.45) is -1.35. The zero-order chi connectivity index (χ0) is 24.1. The summed E-state index contributed by atoms with van der Waals surface area (Å²) in [4.78, 5) is 12.2. The topological polar surface area (TPSA) is 111 Å². The molecular formula is C20H24F3N3O6S. The zero-order valence-corrected chi connectivity index (χ0v) is 18.7. The molecular weight excluding hydrogens is 467 g/mol. The number of carbonyl (C=O) groups is 1. The standard InChI is InChI=1S/C20H24F3N3O6S/c1-14-10-19(25-32-14)30-12-18(27)24-16-11-15(6-7-17(16)31-13-20(21,22)23)33(28,29)26-8-4-2-3-5-9-26/h6-7,10-11H,2-5,8-9,12-13H2,1H3,(H,24,27). The van der Waals surface area contributed by atoms with Crippen LogP contribution in [0.2, 0.25) is 0 Å². The molecule has 1 fully saturated rings. The first-order valence-corrected chi connectivity index (χ1v) is 11.7. The van der Waals surface area contributed by atoms with Crippen LogP contribution in [-0.2, 0) is 14.8 Å². The fourth-order valence-electron chi connectivity index (χ4n) is 3.22. The van der Waals surface area contributed by atoms with Crippen molar-refractivity contribution in [3.8, 4) is 11.6 Å². The number of ether oxygens (including phenoxy) is 2. The number of sulfonamides is 1. The van der Waals surface area contributed by atoms with E-state index in [1.807, 2.05) is 0 Å². The van der Waals surface area contributed by atoms with E-state index in [9.17, 15) is 26.4 Å². The van der Waals surface area contributed by atoms with E-state index >= 15 is 0 Å². The van der Waals surface area contributed by atoms with Crippen molar-refractivity contribution in [1.29, 1.82) is 0 Å². The molecule has 0 aliphatic carbocycles. The fourth-order valence-corrected chi connectivity index (χ4v) is 4.76. The number of nitrogens with zero attached hydrogens (tertiary/aromatic N) is 2. The van der Waals surface area contributed by atoms with Gasteiger partial charge >= 0.3 is 6.18 Å². The molecule has 1 saturated heterocycles. The third kappa shape index (κ3) is 7.09. The Morgan fingerprint density at radius 3 is 2.45 bits per heavy atom. The van der Waals surface area contributed by atoms with Crippen LogP contribution in [0.1, 0.15) is 31.4 Å². The van der Waals surface area contributed by atoms with Crippen LogP contribution >= 0.6 is 0 Å². The minimum absolute atomic E-state index is 0.0497. The van der Waals surface area contributed by atoms with Gasteiger partial charge in [-0.25, -0.2) is 8.42 Å². The van der Waals surface area contributed by atoms with E-state index in [1.54, 1.807) is 6.92 Å². The summed E-state index contributed by atoms with van der Waals surface area (Å²) >= 11 is 0. The molecule has 0 spiro atoms. The van der Waals surface area contributed by atoms with Gasteiger partial charge in [0, 0.05) is 19.2 Å². The van der Waals surface area contributed by atoms with E-state index < -0.39 is 35.3 Å². The van der Waals surface area contributed by atoms with Crippen molar-refractivity contribution in [2.45, 2.75) is 43.7 Å². The van der Waals surface area contributed by atoms with Crippen molar-refractivity contribution in [1.82, 2.24) is 9.46 Å². The first kappa shape index (κ1) is 24.8. The summed E-state index contributed by atoms with van der Waals surface area (Å²) in [6, 6.07) is 4.79. The van der Waals surface area contributed by atoms with Crippen molar-refractivity contribution in [3.05, 3.63) is 30.0 Å². The molecule has 2 heterocycles. The molecule has 0 bridgehead atoms. The van der Waals surface area contributed by atoms with Crippen LogP contribution in [0.5, 0.6) is 11.6 Å². The van der Waals surface area contributed by atoms with Crippen LogP contribution in [0.15, 0.2) is 33.7 Å². The number of carbonyl (C=O) groups excluding carboxylic acids is 1. The van der Waals surface area contributed by atoms with Gasteiger partial charge in [-0.2, -0.15) is 17.5 Å². The average molecular weight is 491 g/mol. The molecule has 1 N–H and O–H groups in total. The van der Waals surface area contributed by atoms with Gasteiger partial charge in [-0.05, 0) is 43.1 Å². The predicted molar refractivity (Wildman–Crippen MR) is 111 cm³/mol. The SMILES string of the molecule is Cc1cc(OCC(=O)Nc2cc(S(=O)(=O)N3CCCCCC3)ccc2OCC(F)(F)F)no1. The first-order valence-electron chi connectivity index (χ1n) is 10.2. The van der Waals surface area contributed by atoms with Crippen molar-refractivity contribution in [3.63, 3.8) is 0 Å². The predicted octanol–water partition coefficient (Wildman–Crippen LogP) is 3.51. The number of benzene rings is 1. The van der Waals surface area contributed by atoms with Gasteiger partial charge in [0.15, 0.2) is 13.2 Å². The summed E-state index contributed by atoms with van der Waals surface area (Å²) < 4.78 is 80.2. The quantitative estimate of drug-likeness (QED) is 0.602. The molecule has 3 rings (SSSR count). The number of anilines is 1. The zero-order valence-electron chi connectivity index (χ0n) is 17.9. The van der Waals surface area contributed by atoms with Crippen LogP contribution < -0.4 is 14.8 Å². The number of halogens is 3. The van der Waals surface area contributed by atoms with E-state index in [2.05, 4.69) is 10.5 Å². The molecule has 182 valence electrons. The largest absolute Gasteiger partial charge is 0.482 e. The summed E-state index contributed by atoms with van der Waals surface area (Å²) in [6.45, 7) is 0.180. The molecule has 1 aliphatic heterocycles. The summed E-state index contributed by atoms with van der Waals surface area (Å²) in [5.41, 5.74) is -0.222. The van der Waals surface area contributed by atoms with Gasteiger partial charge in [0.1, 0.15) is 11.5 Å². The molecule has 33 heavy (non-hydrogen) atoms. The van der Waals surface area contributed by atoms with E-state index in [0.717, 1.165) is 31.0 Å². The number of alkyl halides is 3. The number of amides is 1. The summed E-state index contributed by atoms with van der Waals surface area (Å²) in [7, 11) is -3.91. The Morgan fingerprint density at radius 2 is 1.85 bits per heavy atom. The highest BCUT2D eigenvalue weighted by Crippen LogP contribution is 2.31. The summed E-state index contributed by atoms with van der Waals surface area (Å²) in [5, 5.41) is 5.92. The van der Waals surface area contributed by atoms with Crippen LogP contribution in [0, 0.1) is 6.92 Å². The highest BCUT2D eigenvalue weighted by atomic mass is 32.2. The Balaban J connectivity index is 1.81. The number of hydrogen-bond donors (Lipinski definition) is 1. The lowest BCUT2D eigenvalue weighted by Gasteiger charge is -2.21. The molecule has 1 amide bonds. The smallest absolute Gasteiger partial charge is 0.422 e. The van der Waals surface area contributed by atoms with E-state index in [0.29, 0.717) is 31.7 Å². The molecule has 0 saturated carbocycles. The second-order valence-corrected chi connectivity index (χ2v) is 9.43. The lowest BCUT2D eigenvalue weighted by atomic mass is 10.2. The average Bonchev–Trinajstić information content (AvgIpc) is 2.98. The first-order chi connectivity index (χ1) is 15.5. The molecule has 13 heteroatoms. The summed E-state index contributed by atoms with van der Waals surface area (Å²) in [5.74, 6) is -0.571. The maximum Gasteiger partial charge on any atom is 0.422 e. The minimum atomic E-state index is -4.62. The van der Waals surface area contributed by atoms with Crippen LogP contribution in [-0.4, -0.2) is 56.3 Å². The minimum Gasteiger partial charge on any atom is -0.482 e. The molecule has 1 aromatic carbocycles. The molecule has 1 aliphatic rings. The molecule has 0 atom stereocenters. The Bertz CT molecular complexity index is 1060. The van der Waals surface area contributed by atoms with Gasteiger partial charge in [-0.1, -0.05) is 12.8 Å². The lowest BCUT2D eigenvalue weighted by molar-refractivity contribution is -0.153. The molecule has 1 aromatic heterocycles. The van der Waals surface area contributed by atoms with Crippen molar-refractivity contribution in [2.24, 2.45) is 0 Å². The van der Waals surface area contributed by atoms with Crippen LogP contribution in [0.4, 0.5) is 18.9 Å². The molecule has 0 radical (unpaired) electrons. The Morgan fingerprint density at radius 1 is 1.15 bits per heavy atom. The number of aromatic nitrogens is 1. The maximum atomic E-state index is 13.1. The van der Waals surface area contributed by atoms with Crippen molar-refractivity contribution < 1.29 is 40.4 Å². The molecule has 2 aromatic rings. The number of nitrogens with one attached hydrogen (secondary N) is 1. The van der Waals surface area contributed by atoms with Crippen molar-refractivity contribution in [2.75, 3.05) is 31.6 Å². The fraction of sp³-hybridized carbons (Fsp3) is 0.500.